The topological polar surface area (TPSA) is 98.8 Å². The second-order valence-corrected chi connectivity index (χ2v) is 6.08. The maximum atomic E-state index is 11.4. The molecule has 2 aromatic rings. The molecule has 0 aromatic carbocycles. The number of aryl methyl sites for hydroxylation is 2. The van der Waals surface area contributed by atoms with Gasteiger partial charge in [0.2, 0.25) is 11.8 Å². The highest BCUT2D eigenvalue weighted by molar-refractivity contribution is 5.54. The van der Waals surface area contributed by atoms with Crippen molar-refractivity contribution in [1.29, 1.82) is 0 Å². The number of anilines is 1. The summed E-state index contributed by atoms with van der Waals surface area (Å²) in [6.07, 6.45) is 4.20. The summed E-state index contributed by atoms with van der Waals surface area (Å²) >= 11 is 0. The number of imidazole rings is 1. The van der Waals surface area contributed by atoms with Crippen molar-refractivity contribution in [3.63, 3.8) is 0 Å². The molecule has 0 aliphatic carbocycles. The van der Waals surface area contributed by atoms with E-state index in [-0.39, 0.29) is 17.5 Å². The quantitative estimate of drug-likeness (QED) is 0.649. The zero-order valence-electron chi connectivity index (χ0n) is 14.1. The van der Waals surface area contributed by atoms with Crippen molar-refractivity contribution < 1.29 is 4.92 Å². The van der Waals surface area contributed by atoms with E-state index in [9.17, 15) is 10.1 Å². The highest BCUT2D eigenvalue weighted by Gasteiger charge is 2.24. The lowest BCUT2D eigenvalue weighted by Crippen LogP contribution is -2.20. The van der Waals surface area contributed by atoms with E-state index in [2.05, 4.69) is 34.1 Å². The molecule has 0 aliphatic rings. The summed E-state index contributed by atoms with van der Waals surface area (Å²) in [5.74, 6) is 1.79. The van der Waals surface area contributed by atoms with Gasteiger partial charge < -0.3 is 5.32 Å². The molecule has 8 heteroatoms. The van der Waals surface area contributed by atoms with Crippen LogP contribution in [0, 0.1) is 29.9 Å². The van der Waals surface area contributed by atoms with Gasteiger partial charge in [0.1, 0.15) is 11.5 Å². The minimum atomic E-state index is -0.453. The van der Waals surface area contributed by atoms with E-state index in [1.54, 1.807) is 30.8 Å². The van der Waals surface area contributed by atoms with Crippen molar-refractivity contribution in [2.24, 2.45) is 5.92 Å². The molecule has 0 spiro atoms. The Morgan fingerprint density at radius 2 is 2.00 bits per heavy atom. The highest BCUT2D eigenvalue weighted by Crippen LogP contribution is 2.26. The van der Waals surface area contributed by atoms with Crippen LogP contribution in [-0.4, -0.2) is 30.5 Å². The largest absolute Gasteiger partial charge is 0.352 e. The van der Waals surface area contributed by atoms with Crippen LogP contribution in [0.2, 0.25) is 0 Å². The van der Waals surface area contributed by atoms with E-state index < -0.39 is 4.92 Å². The minimum Gasteiger partial charge on any atom is -0.352 e. The molecule has 2 rings (SSSR count). The Labute approximate surface area is 135 Å². The van der Waals surface area contributed by atoms with Gasteiger partial charge in [0.05, 0.1) is 4.92 Å². The van der Waals surface area contributed by atoms with E-state index in [0.717, 1.165) is 6.42 Å². The third-order valence-corrected chi connectivity index (χ3v) is 3.48. The van der Waals surface area contributed by atoms with E-state index in [4.69, 9.17) is 0 Å². The zero-order valence-corrected chi connectivity index (χ0v) is 14.1. The van der Waals surface area contributed by atoms with Gasteiger partial charge in [0.15, 0.2) is 0 Å². The Balaban J connectivity index is 2.46. The SMILES string of the molecule is Cc1nc(NC(C)CC(C)C)nc(-n2ccnc2C)c1[N+](=O)[O-]. The van der Waals surface area contributed by atoms with Gasteiger partial charge in [-0.25, -0.2) is 9.97 Å². The van der Waals surface area contributed by atoms with E-state index in [1.165, 1.54) is 0 Å². The number of nitrogens with zero attached hydrogens (tertiary/aromatic N) is 5. The first-order valence-electron chi connectivity index (χ1n) is 7.59. The Morgan fingerprint density at radius 3 is 2.52 bits per heavy atom. The van der Waals surface area contributed by atoms with E-state index in [1.807, 2.05) is 6.92 Å². The molecular weight excluding hydrogens is 296 g/mol. The highest BCUT2D eigenvalue weighted by atomic mass is 16.6. The van der Waals surface area contributed by atoms with Crippen molar-refractivity contribution in [3.05, 3.63) is 34.0 Å². The summed E-state index contributed by atoms with van der Waals surface area (Å²) in [5.41, 5.74) is 0.223. The van der Waals surface area contributed by atoms with Crippen LogP contribution in [0.4, 0.5) is 11.6 Å². The molecule has 2 aromatic heterocycles. The second kappa shape index (κ2) is 6.72. The monoisotopic (exact) mass is 318 g/mol. The molecule has 0 saturated carbocycles. The van der Waals surface area contributed by atoms with Crippen LogP contribution in [-0.2, 0) is 0 Å². The van der Waals surface area contributed by atoms with Crippen LogP contribution < -0.4 is 5.32 Å². The molecule has 0 radical (unpaired) electrons. The molecule has 0 saturated heterocycles. The molecule has 2 heterocycles. The lowest BCUT2D eigenvalue weighted by Gasteiger charge is -2.17. The molecule has 124 valence electrons. The lowest BCUT2D eigenvalue weighted by molar-refractivity contribution is -0.385. The fourth-order valence-electron chi connectivity index (χ4n) is 2.59. The molecule has 0 bridgehead atoms. The summed E-state index contributed by atoms with van der Waals surface area (Å²) in [4.78, 5) is 23.7. The Morgan fingerprint density at radius 1 is 1.30 bits per heavy atom. The fourth-order valence-corrected chi connectivity index (χ4v) is 2.59. The molecule has 1 atom stereocenters. The van der Waals surface area contributed by atoms with Crippen LogP contribution in [0.25, 0.3) is 5.82 Å². The van der Waals surface area contributed by atoms with E-state index >= 15 is 0 Å². The van der Waals surface area contributed by atoms with Gasteiger partial charge in [-0.05, 0) is 33.1 Å². The Kier molecular flexibility index (Phi) is 4.92. The van der Waals surface area contributed by atoms with Crippen LogP contribution in [0.3, 0.4) is 0 Å². The van der Waals surface area contributed by atoms with Gasteiger partial charge in [-0.15, -0.1) is 0 Å². The normalized spacial score (nSPS) is 12.4. The molecule has 0 aliphatic heterocycles. The number of hydrogen-bond acceptors (Lipinski definition) is 6. The van der Waals surface area contributed by atoms with Gasteiger partial charge in [-0.2, -0.15) is 4.98 Å². The van der Waals surface area contributed by atoms with Crippen molar-refractivity contribution in [1.82, 2.24) is 19.5 Å². The van der Waals surface area contributed by atoms with Crippen LogP contribution in [0.1, 0.15) is 38.7 Å². The fraction of sp³-hybridized carbons (Fsp3) is 0.533. The molecule has 0 amide bonds. The Bertz CT molecular complexity index is 710. The molecule has 23 heavy (non-hydrogen) atoms. The number of rotatable bonds is 6. The number of aromatic nitrogens is 4. The van der Waals surface area contributed by atoms with Crippen molar-refractivity contribution in [2.75, 3.05) is 5.32 Å². The van der Waals surface area contributed by atoms with Gasteiger partial charge in [-0.3, -0.25) is 14.7 Å². The summed E-state index contributed by atoms with van der Waals surface area (Å²) in [7, 11) is 0. The summed E-state index contributed by atoms with van der Waals surface area (Å²) in [5, 5.41) is 14.6. The molecule has 0 fully saturated rings. The van der Waals surface area contributed by atoms with Crippen LogP contribution >= 0.6 is 0 Å². The van der Waals surface area contributed by atoms with Crippen molar-refractivity contribution >= 4 is 11.6 Å². The predicted molar refractivity (Wildman–Crippen MR) is 87.8 cm³/mol. The lowest BCUT2D eigenvalue weighted by atomic mass is 10.1. The average Bonchev–Trinajstić information content (AvgIpc) is 2.82. The third kappa shape index (κ3) is 3.82. The molecular formula is C15H22N6O2. The summed E-state index contributed by atoms with van der Waals surface area (Å²) in [6, 6.07) is 0.174. The van der Waals surface area contributed by atoms with Gasteiger partial charge in [0, 0.05) is 18.4 Å². The summed E-state index contributed by atoms with van der Waals surface area (Å²) < 4.78 is 1.60. The van der Waals surface area contributed by atoms with Crippen molar-refractivity contribution in [3.8, 4) is 5.82 Å². The third-order valence-electron chi connectivity index (χ3n) is 3.48. The van der Waals surface area contributed by atoms with Gasteiger partial charge >= 0.3 is 5.69 Å². The maximum absolute atomic E-state index is 11.4. The van der Waals surface area contributed by atoms with Crippen molar-refractivity contribution in [2.45, 2.75) is 47.1 Å². The molecule has 1 unspecified atom stereocenters. The second-order valence-electron chi connectivity index (χ2n) is 6.08. The smallest absolute Gasteiger partial charge is 0.333 e. The van der Waals surface area contributed by atoms with E-state index in [0.29, 0.717) is 23.4 Å². The predicted octanol–water partition coefficient (Wildman–Crippen LogP) is 3.03. The molecule has 1 N–H and O–H groups in total. The van der Waals surface area contributed by atoms with Crippen LogP contribution in [0.5, 0.6) is 0 Å². The first kappa shape index (κ1) is 16.9. The number of hydrogen-bond donors (Lipinski definition) is 1. The Hall–Kier alpha value is -2.51. The summed E-state index contributed by atoms with van der Waals surface area (Å²) in [6.45, 7) is 9.71. The number of nitrogens with one attached hydrogen (secondary N) is 1. The standard InChI is InChI=1S/C15H22N6O2/c1-9(2)8-10(3)17-15-18-11(4)13(21(22)23)14(19-15)20-7-6-16-12(20)5/h6-7,9-10H,8H2,1-5H3,(H,17,18,19). The average molecular weight is 318 g/mol. The number of nitro groups is 1. The minimum absolute atomic E-state index is 0.104. The zero-order chi connectivity index (χ0) is 17.1. The van der Waals surface area contributed by atoms with Gasteiger partial charge in [-0.1, -0.05) is 13.8 Å². The van der Waals surface area contributed by atoms with Crippen LogP contribution in [0.15, 0.2) is 12.4 Å². The first-order valence-corrected chi connectivity index (χ1v) is 7.59. The van der Waals surface area contributed by atoms with Gasteiger partial charge in [0.25, 0.3) is 0 Å². The first-order chi connectivity index (χ1) is 10.8. The molecule has 8 nitrogen and oxygen atoms in total. The maximum Gasteiger partial charge on any atom is 0.333 e.